The molecular weight excluding hydrogens is 621 g/mol. The van der Waals surface area contributed by atoms with E-state index >= 15 is 0 Å². The first-order chi connectivity index (χ1) is 21.0. The molecule has 1 fully saturated rings. The van der Waals surface area contributed by atoms with Crippen molar-refractivity contribution in [2.75, 3.05) is 16.4 Å². The Morgan fingerprint density at radius 2 is 1.77 bits per heavy atom. The van der Waals surface area contributed by atoms with Gasteiger partial charge in [-0.15, -0.1) is 0 Å². The number of benzene rings is 3. The van der Waals surface area contributed by atoms with E-state index in [1.165, 1.54) is 41.7 Å². The zero-order valence-electron chi connectivity index (χ0n) is 23.5. The van der Waals surface area contributed by atoms with Crippen molar-refractivity contribution in [3.8, 4) is 11.5 Å². The van der Waals surface area contributed by atoms with Gasteiger partial charge in [-0.1, -0.05) is 36.5 Å². The molecule has 3 aromatic carbocycles. The van der Waals surface area contributed by atoms with Crippen LogP contribution in [0.4, 0.5) is 32.8 Å². The predicted molar refractivity (Wildman–Crippen MR) is 162 cm³/mol. The van der Waals surface area contributed by atoms with Crippen molar-refractivity contribution in [1.82, 2.24) is 4.98 Å². The number of thioether (sulfide) groups is 1. The molecule has 0 spiro atoms. The summed E-state index contributed by atoms with van der Waals surface area (Å²) >= 11 is 3.09. The van der Waals surface area contributed by atoms with Gasteiger partial charge in [-0.2, -0.15) is 24.9 Å². The van der Waals surface area contributed by atoms with Gasteiger partial charge in [-0.05, 0) is 55.2 Å². The third-order valence-corrected chi connectivity index (χ3v) is 9.39. The summed E-state index contributed by atoms with van der Waals surface area (Å²) in [5.74, 6) is -1.62. The Labute approximate surface area is 258 Å². The van der Waals surface area contributed by atoms with E-state index in [9.17, 15) is 31.5 Å². The number of rotatable bonds is 9. The molecule has 0 saturated heterocycles. The highest BCUT2D eigenvalue weighted by Crippen LogP contribution is 2.36. The first-order valence-electron chi connectivity index (χ1n) is 13.9. The standard InChI is InChI=1S/C31H28F5N3O3S2/c1-2-43-21-9-6-18(7-10-21)29(41)39-30-38-25-15-23(33)26(16-27(25)44-30)42-20-8-11-22(32)24(14-20)37-28(40)13-17-4-3-5-19(12-17)31(34,35)36/h3-5,8,11-12,14-16,18,21H,2,6-7,9-10,13H2,1H3,(H,37,40)(H,38,39,41). The molecule has 0 aliphatic heterocycles. The maximum atomic E-state index is 14.9. The van der Waals surface area contributed by atoms with Gasteiger partial charge in [-0.3, -0.25) is 9.59 Å². The van der Waals surface area contributed by atoms with Crippen LogP contribution in [0.5, 0.6) is 11.5 Å². The number of carbonyl (C=O) groups excluding carboxylic acids is 2. The highest BCUT2D eigenvalue weighted by atomic mass is 32.2. The minimum Gasteiger partial charge on any atom is -0.454 e. The van der Waals surface area contributed by atoms with E-state index in [0.717, 1.165) is 55.7 Å². The maximum Gasteiger partial charge on any atom is 0.416 e. The van der Waals surface area contributed by atoms with E-state index in [4.69, 9.17) is 4.74 Å². The zero-order chi connectivity index (χ0) is 31.4. The van der Waals surface area contributed by atoms with Crippen LogP contribution < -0.4 is 15.4 Å². The summed E-state index contributed by atoms with van der Waals surface area (Å²) in [7, 11) is 0. The fourth-order valence-electron chi connectivity index (χ4n) is 5.02. The monoisotopic (exact) mass is 649 g/mol. The molecule has 232 valence electrons. The molecule has 1 aliphatic rings. The highest BCUT2D eigenvalue weighted by molar-refractivity contribution is 7.99. The van der Waals surface area contributed by atoms with Crippen molar-refractivity contribution in [2.45, 2.75) is 50.5 Å². The van der Waals surface area contributed by atoms with Crippen molar-refractivity contribution in [1.29, 1.82) is 0 Å². The van der Waals surface area contributed by atoms with Crippen LogP contribution in [0.2, 0.25) is 0 Å². The molecule has 0 unspecified atom stereocenters. The van der Waals surface area contributed by atoms with E-state index in [1.54, 1.807) is 0 Å². The summed E-state index contributed by atoms with van der Waals surface area (Å²) < 4.78 is 74.6. The molecule has 0 bridgehead atoms. The van der Waals surface area contributed by atoms with Gasteiger partial charge in [0.25, 0.3) is 0 Å². The number of nitrogens with zero attached hydrogens (tertiary/aromatic N) is 1. The number of amides is 2. The van der Waals surface area contributed by atoms with E-state index in [-0.39, 0.29) is 34.6 Å². The second-order valence-corrected chi connectivity index (χ2v) is 13.0. The lowest BCUT2D eigenvalue weighted by Gasteiger charge is -2.26. The summed E-state index contributed by atoms with van der Waals surface area (Å²) in [5, 5.41) is 6.12. The maximum absolute atomic E-state index is 14.9. The molecular formula is C31H28F5N3O3S2. The Hall–Kier alpha value is -3.71. The van der Waals surface area contributed by atoms with Crippen LogP contribution in [0.15, 0.2) is 54.6 Å². The lowest BCUT2D eigenvalue weighted by Crippen LogP contribution is -2.28. The van der Waals surface area contributed by atoms with E-state index < -0.39 is 35.7 Å². The number of halogens is 5. The van der Waals surface area contributed by atoms with Gasteiger partial charge in [0.1, 0.15) is 11.6 Å². The number of ether oxygens (including phenoxy) is 1. The molecule has 5 rings (SSSR count). The van der Waals surface area contributed by atoms with Crippen LogP contribution in [0, 0.1) is 17.6 Å². The van der Waals surface area contributed by atoms with Gasteiger partial charge in [0.05, 0.1) is 27.9 Å². The third-order valence-electron chi connectivity index (χ3n) is 7.18. The van der Waals surface area contributed by atoms with Gasteiger partial charge in [0, 0.05) is 29.4 Å². The van der Waals surface area contributed by atoms with Crippen LogP contribution in [0.25, 0.3) is 10.2 Å². The number of nitrogens with one attached hydrogen (secondary N) is 2. The minimum absolute atomic E-state index is 0.00824. The smallest absolute Gasteiger partial charge is 0.416 e. The molecule has 4 aromatic rings. The van der Waals surface area contributed by atoms with Gasteiger partial charge < -0.3 is 15.4 Å². The number of alkyl halides is 3. The Kier molecular flexibility index (Phi) is 9.74. The van der Waals surface area contributed by atoms with E-state index in [2.05, 4.69) is 22.5 Å². The molecule has 44 heavy (non-hydrogen) atoms. The van der Waals surface area contributed by atoms with Gasteiger partial charge >= 0.3 is 6.18 Å². The summed E-state index contributed by atoms with van der Waals surface area (Å²) in [4.78, 5) is 29.7. The van der Waals surface area contributed by atoms with Crippen molar-refractivity contribution in [2.24, 2.45) is 5.92 Å². The summed E-state index contributed by atoms with van der Waals surface area (Å²) in [6, 6.07) is 10.3. The topological polar surface area (TPSA) is 80.3 Å². The first kappa shape index (κ1) is 31.7. The Morgan fingerprint density at radius 3 is 2.50 bits per heavy atom. The second kappa shape index (κ2) is 13.5. The fourth-order valence-corrected chi connectivity index (χ4v) is 6.98. The van der Waals surface area contributed by atoms with Crippen molar-refractivity contribution < 1.29 is 36.3 Å². The van der Waals surface area contributed by atoms with Crippen molar-refractivity contribution in [3.05, 3.63) is 77.4 Å². The van der Waals surface area contributed by atoms with Crippen molar-refractivity contribution in [3.63, 3.8) is 0 Å². The number of carbonyl (C=O) groups is 2. The number of aromatic nitrogens is 1. The average molecular weight is 650 g/mol. The Balaban J connectivity index is 1.24. The molecule has 6 nitrogen and oxygen atoms in total. The molecule has 1 heterocycles. The Bertz CT molecular complexity index is 1670. The van der Waals surface area contributed by atoms with E-state index in [1.807, 2.05) is 11.8 Å². The lowest BCUT2D eigenvalue weighted by atomic mass is 9.88. The lowest BCUT2D eigenvalue weighted by molar-refractivity contribution is -0.137. The molecule has 1 saturated carbocycles. The third kappa shape index (κ3) is 7.86. The van der Waals surface area contributed by atoms with Gasteiger partial charge in [-0.25, -0.2) is 13.8 Å². The van der Waals surface area contributed by atoms with Gasteiger partial charge in [0.15, 0.2) is 16.7 Å². The quantitative estimate of drug-likeness (QED) is 0.177. The van der Waals surface area contributed by atoms with E-state index in [0.29, 0.717) is 20.6 Å². The minimum atomic E-state index is -4.57. The van der Waals surface area contributed by atoms with Crippen molar-refractivity contribution >= 4 is 55.9 Å². The summed E-state index contributed by atoms with van der Waals surface area (Å²) in [6.45, 7) is 2.13. The molecule has 2 N–H and O–H groups in total. The SMILES string of the molecule is CCSC1CCC(C(=O)Nc2nc3cc(F)c(Oc4ccc(F)c(NC(=O)Cc5cccc(C(F)(F)F)c5)c4)cc3s2)CC1. The molecule has 0 radical (unpaired) electrons. The largest absolute Gasteiger partial charge is 0.454 e. The summed E-state index contributed by atoms with van der Waals surface area (Å²) in [6.07, 6.45) is -1.38. The second-order valence-electron chi connectivity index (χ2n) is 10.4. The van der Waals surface area contributed by atoms with Crippen LogP contribution in [-0.4, -0.2) is 27.8 Å². The number of hydrogen-bond donors (Lipinski definition) is 2. The molecule has 0 atom stereocenters. The molecule has 13 heteroatoms. The number of anilines is 2. The fraction of sp³-hybridized carbons (Fsp3) is 0.323. The van der Waals surface area contributed by atoms with Crippen LogP contribution in [-0.2, 0) is 22.2 Å². The first-order valence-corrected chi connectivity index (χ1v) is 15.8. The predicted octanol–water partition coefficient (Wildman–Crippen LogP) is 8.82. The van der Waals surface area contributed by atoms with Crippen LogP contribution in [0.1, 0.15) is 43.7 Å². The Morgan fingerprint density at radius 1 is 1.00 bits per heavy atom. The average Bonchev–Trinajstić information content (AvgIpc) is 3.35. The summed E-state index contributed by atoms with van der Waals surface area (Å²) in [5.41, 5.74) is -0.757. The number of hydrogen-bond acceptors (Lipinski definition) is 6. The van der Waals surface area contributed by atoms with Gasteiger partial charge in [0.2, 0.25) is 11.8 Å². The normalized spacial score (nSPS) is 17.0. The number of fused-ring (bicyclic) bond motifs is 1. The van der Waals surface area contributed by atoms with Crippen LogP contribution >= 0.6 is 23.1 Å². The highest BCUT2D eigenvalue weighted by Gasteiger charge is 2.30. The molecule has 2 amide bonds. The zero-order valence-corrected chi connectivity index (χ0v) is 25.1. The molecule has 1 aromatic heterocycles. The molecule has 1 aliphatic carbocycles. The van der Waals surface area contributed by atoms with Crippen LogP contribution in [0.3, 0.4) is 0 Å². The number of thiazole rings is 1.